The van der Waals surface area contributed by atoms with Crippen LogP contribution >= 0.6 is 7.82 Å². The van der Waals surface area contributed by atoms with E-state index in [-0.39, 0.29) is 18.2 Å². The fraction of sp³-hybridized carbons (Fsp3) is 0.353. The molecule has 3 aliphatic heterocycles. The van der Waals surface area contributed by atoms with E-state index in [0.717, 1.165) is 11.0 Å². The number of amides is 1. The highest BCUT2D eigenvalue weighted by atomic mass is 31.2. The van der Waals surface area contributed by atoms with Gasteiger partial charge in [0.05, 0.1) is 6.61 Å². The summed E-state index contributed by atoms with van der Waals surface area (Å²) in [6, 6.07) is 6.67. The van der Waals surface area contributed by atoms with Gasteiger partial charge >= 0.3 is 7.82 Å². The number of benzene rings is 1. The smallest absolute Gasteiger partial charge is 0.404 e. The number of hydrogen-bond donors (Lipinski definition) is 3. The molecule has 3 N–H and O–H groups in total. The van der Waals surface area contributed by atoms with Crippen LogP contribution in [0.3, 0.4) is 0 Å². The van der Waals surface area contributed by atoms with Crippen LogP contribution in [0.1, 0.15) is 5.56 Å². The minimum absolute atomic E-state index is 0.0160. The first-order valence-electron chi connectivity index (χ1n) is 8.57. The van der Waals surface area contributed by atoms with Crippen LogP contribution in [0, 0.1) is 0 Å². The third-order valence-corrected chi connectivity index (χ3v) is 5.91. The van der Waals surface area contributed by atoms with Crippen molar-refractivity contribution >= 4 is 13.7 Å². The zero-order valence-corrected chi connectivity index (χ0v) is 15.8. The summed E-state index contributed by atoms with van der Waals surface area (Å²) in [6.07, 6.45) is -2.85. The summed E-state index contributed by atoms with van der Waals surface area (Å²) in [5.74, 6) is -3.10. The van der Waals surface area contributed by atoms with E-state index in [1.807, 2.05) is 0 Å². The second-order valence-electron chi connectivity index (χ2n) is 6.58. The predicted octanol–water partition coefficient (Wildman–Crippen LogP) is 0.881. The Bertz CT molecular complexity index is 926. The zero-order valence-electron chi connectivity index (χ0n) is 14.9. The van der Waals surface area contributed by atoms with Crippen molar-refractivity contribution in [2.75, 3.05) is 6.61 Å². The van der Waals surface area contributed by atoms with Crippen molar-refractivity contribution < 1.29 is 42.3 Å². The van der Waals surface area contributed by atoms with Gasteiger partial charge in [-0.15, -0.1) is 0 Å². The first-order chi connectivity index (χ1) is 13.7. The number of carbonyl (C=O) groups excluding carboxylic acids is 1. The van der Waals surface area contributed by atoms with Gasteiger partial charge in [0.1, 0.15) is 30.4 Å². The Morgan fingerprint density at radius 3 is 2.93 bits per heavy atom. The predicted molar refractivity (Wildman–Crippen MR) is 94.4 cm³/mol. The van der Waals surface area contributed by atoms with Gasteiger partial charge in [0, 0.05) is 17.8 Å². The molecule has 156 valence electrons. The van der Waals surface area contributed by atoms with Gasteiger partial charge in [-0.25, -0.2) is 8.96 Å². The van der Waals surface area contributed by atoms with Gasteiger partial charge in [0.2, 0.25) is 0 Å². The molecule has 10 nitrogen and oxygen atoms in total. The molecule has 3 heterocycles. The van der Waals surface area contributed by atoms with Crippen LogP contribution in [0.25, 0.3) is 0 Å². The van der Waals surface area contributed by atoms with Gasteiger partial charge in [0.25, 0.3) is 11.8 Å². The fourth-order valence-electron chi connectivity index (χ4n) is 3.05. The van der Waals surface area contributed by atoms with Crippen LogP contribution in [0.5, 0.6) is 5.75 Å². The van der Waals surface area contributed by atoms with Gasteiger partial charge in [-0.05, 0) is 6.07 Å². The van der Waals surface area contributed by atoms with E-state index in [2.05, 4.69) is 11.9 Å². The van der Waals surface area contributed by atoms with Crippen molar-refractivity contribution in [3.63, 3.8) is 0 Å². The van der Waals surface area contributed by atoms with Crippen molar-refractivity contribution in [3.8, 4) is 5.75 Å². The number of hydrogen-bond acceptors (Lipinski definition) is 9. The number of para-hydroxylation sites is 1. The first-order valence-corrected chi connectivity index (χ1v) is 10.0. The molecule has 1 fully saturated rings. The van der Waals surface area contributed by atoms with Crippen LogP contribution in [-0.4, -0.2) is 51.9 Å². The number of alkyl halides is 1. The average molecular weight is 428 g/mol. The molecular weight excluding hydrogens is 410 g/mol. The monoisotopic (exact) mass is 428 g/mol. The molecule has 5 atom stereocenters. The number of rotatable bonds is 4. The molecule has 1 saturated heterocycles. The molecule has 12 heteroatoms. The second kappa shape index (κ2) is 7.21. The molecule has 0 aromatic heterocycles. The van der Waals surface area contributed by atoms with Crippen molar-refractivity contribution in [1.82, 2.24) is 10.2 Å². The lowest BCUT2D eigenvalue weighted by Crippen LogP contribution is -2.46. The maximum atomic E-state index is 15.2. The lowest BCUT2D eigenvalue weighted by molar-refractivity contribution is -0.208. The Balaban J connectivity index is 1.46. The van der Waals surface area contributed by atoms with Crippen LogP contribution in [0.4, 0.5) is 4.39 Å². The SMILES string of the molecule is C=C1NC(=O)C=CN1[C@@H]1O[C@](F)(COP2(=O)OCc3ccccc3O2)[C@@H](O)[C@H]1O. The Morgan fingerprint density at radius 2 is 2.17 bits per heavy atom. The molecule has 1 amide bonds. The van der Waals surface area contributed by atoms with E-state index in [9.17, 15) is 19.6 Å². The molecule has 0 bridgehead atoms. The van der Waals surface area contributed by atoms with E-state index >= 15 is 4.39 Å². The van der Waals surface area contributed by atoms with Crippen molar-refractivity contribution in [3.05, 3.63) is 54.5 Å². The van der Waals surface area contributed by atoms with E-state index in [1.54, 1.807) is 24.3 Å². The topological polar surface area (TPSA) is 127 Å². The van der Waals surface area contributed by atoms with Gasteiger partial charge < -0.3 is 29.7 Å². The molecule has 29 heavy (non-hydrogen) atoms. The summed E-state index contributed by atoms with van der Waals surface area (Å²) in [5, 5.41) is 22.7. The Morgan fingerprint density at radius 1 is 1.41 bits per heavy atom. The molecule has 3 aliphatic rings. The Hall–Kier alpha value is -2.27. The molecule has 1 aromatic carbocycles. The van der Waals surface area contributed by atoms with Gasteiger partial charge in [-0.1, -0.05) is 24.8 Å². The molecule has 1 aromatic rings. The number of aliphatic hydroxyl groups excluding tert-OH is 2. The standard InChI is InChI=1S/C17H18FN2O8P/c1-10-19-13(21)6-7-20(10)16-14(22)15(23)17(18,27-16)9-26-29(24)25-8-11-4-2-3-5-12(11)28-29/h2-7,14-16,22-23H,1,8-9H2,(H,19,21)/t14-,15+,16-,17-,29?/m1/s1. The van der Waals surface area contributed by atoms with Crippen LogP contribution in [-0.2, 0) is 29.8 Å². The van der Waals surface area contributed by atoms with Crippen LogP contribution in [0.15, 0.2) is 48.9 Å². The van der Waals surface area contributed by atoms with Crippen LogP contribution < -0.4 is 9.84 Å². The summed E-state index contributed by atoms with van der Waals surface area (Å²) in [6.45, 7) is 2.47. The number of nitrogens with one attached hydrogen (secondary N) is 1. The number of phosphoric ester groups is 1. The molecular formula is C17H18FN2O8P. The molecule has 0 aliphatic carbocycles. The lowest BCUT2D eigenvalue weighted by atomic mass is 10.1. The van der Waals surface area contributed by atoms with Gasteiger partial charge in [-0.2, -0.15) is 0 Å². The fourth-order valence-corrected chi connectivity index (χ4v) is 4.29. The summed E-state index contributed by atoms with van der Waals surface area (Å²) in [5.41, 5.74) is 0.641. The third-order valence-electron chi connectivity index (χ3n) is 4.59. The summed E-state index contributed by atoms with van der Waals surface area (Å²) >= 11 is 0. The van der Waals surface area contributed by atoms with E-state index in [4.69, 9.17) is 18.3 Å². The van der Waals surface area contributed by atoms with Crippen molar-refractivity contribution in [2.24, 2.45) is 0 Å². The van der Waals surface area contributed by atoms with Gasteiger partial charge in [-0.3, -0.25) is 13.8 Å². The van der Waals surface area contributed by atoms with Gasteiger partial charge in [0.15, 0.2) is 6.23 Å². The molecule has 4 rings (SSSR count). The maximum absolute atomic E-state index is 15.2. The van der Waals surface area contributed by atoms with E-state index in [0.29, 0.717) is 5.56 Å². The Kier molecular flexibility index (Phi) is 4.97. The quantitative estimate of drug-likeness (QED) is 0.599. The normalized spacial score (nSPS) is 36.5. The van der Waals surface area contributed by atoms with Crippen molar-refractivity contribution in [1.29, 1.82) is 0 Å². The number of halogens is 1. The zero-order chi connectivity index (χ0) is 20.8. The highest BCUT2D eigenvalue weighted by Crippen LogP contribution is 2.55. The summed E-state index contributed by atoms with van der Waals surface area (Å²) in [4.78, 5) is 12.5. The highest BCUT2D eigenvalue weighted by Gasteiger charge is 2.58. The molecule has 0 spiro atoms. The summed E-state index contributed by atoms with van der Waals surface area (Å²) < 4.78 is 48.4. The first kappa shape index (κ1) is 20.0. The average Bonchev–Trinajstić information content (AvgIpc) is 2.91. The number of carbonyl (C=O) groups is 1. The lowest BCUT2D eigenvalue weighted by Gasteiger charge is -2.32. The summed E-state index contributed by atoms with van der Waals surface area (Å²) in [7, 11) is -4.17. The third kappa shape index (κ3) is 3.68. The van der Waals surface area contributed by atoms with Crippen molar-refractivity contribution in [2.45, 2.75) is 30.9 Å². The molecule has 0 saturated carbocycles. The van der Waals surface area contributed by atoms with E-state index in [1.165, 1.54) is 6.20 Å². The maximum Gasteiger partial charge on any atom is 0.530 e. The van der Waals surface area contributed by atoms with E-state index < -0.39 is 44.6 Å². The number of aliphatic hydroxyl groups is 2. The molecule has 0 radical (unpaired) electrons. The molecule has 1 unspecified atom stereocenters. The number of nitrogens with zero attached hydrogens (tertiary/aromatic N) is 1. The number of phosphoric acid groups is 1. The minimum Gasteiger partial charge on any atom is -0.404 e. The second-order valence-corrected chi connectivity index (χ2v) is 8.18. The number of ether oxygens (including phenoxy) is 1. The Labute approximate surface area is 164 Å². The van der Waals surface area contributed by atoms with Crippen LogP contribution in [0.2, 0.25) is 0 Å². The number of fused-ring (bicyclic) bond motifs is 1. The highest BCUT2D eigenvalue weighted by molar-refractivity contribution is 7.49. The minimum atomic E-state index is -4.17. The largest absolute Gasteiger partial charge is 0.530 e.